The molecule has 1 aromatic carbocycles. The molecule has 0 N–H and O–H groups in total. The fraction of sp³-hybridized carbons (Fsp3) is 0.464. The van der Waals surface area contributed by atoms with Crippen LogP contribution in [0, 0.1) is 0 Å². The van der Waals surface area contributed by atoms with Gasteiger partial charge in [-0.2, -0.15) is 0 Å². The van der Waals surface area contributed by atoms with Crippen LogP contribution in [-0.2, 0) is 0 Å². The van der Waals surface area contributed by atoms with Gasteiger partial charge in [-0.25, -0.2) is 4.79 Å². The van der Waals surface area contributed by atoms with Gasteiger partial charge in [-0.1, -0.05) is 36.3 Å². The summed E-state index contributed by atoms with van der Waals surface area (Å²) in [7, 11) is 0. The number of hydrogen-bond donors (Lipinski definition) is 0. The van der Waals surface area contributed by atoms with Gasteiger partial charge in [0, 0.05) is 6.07 Å². The third-order valence-corrected chi connectivity index (χ3v) is 4.85. The predicted molar refractivity (Wildman–Crippen MR) is 136 cm³/mol. The molecule has 0 spiro atoms. The fourth-order valence-electron chi connectivity index (χ4n) is 3.22. The van der Waals surface area contributed by atoms with Crippen LogP contribution < -0.4 is 19.8 Å². The van der Waals surface area contributed by atoms with Crippen molar-refractivity contribution in [3.05, 3.63) is 64.1 Å². The van der Waals surface area contributed by atoms with Gasteiger partial charge >= 0.3 is 5.63 Å². The Balaban J connectivity index is 2.28. The predicted octanol–water partition coefficient (Wildman–Crippen LogP) is 7.39. The summed E-state index contributed by atoms with van der Waals surface area (Å²) >= 11 is 0. The van der Waals surface area contributed by atoms with E-state index in [1.54, 1.807) is 6.07 Å². The molecular formula is C28H38O5. The molecule has 0 fully saturated rings. The molecule has 0 saturated heterocycles. The molecule has 0 saturated carbocycles. The number of rotatable bonds is 13. The molecule has 0 unspecified atom stereocenters. The van der Waals surface area contributed by atoms with Gasteiger partial charge in [0.05, 0.1) is 18.1 Å². The Morgan fingerprint density at radius 1 is 1.03 bits per heavy atom. The molecule has 0 aliphatic rings. The second kappa shape index (κ2) is 13.6. The van der Waals surface area contributed by atoms with Gasteiger partial charge in [-0.15, -0.1) is 0 Å². The second-order valence-corrected chi connectivity index (χ2v) is 8.57. The van der Waals surface area contributed by atoms with Gasteiger partial charge in [0.1, 0.15) is 17.9 Å². The molecule has 0 bridgehead atoms. The van der Waals surface area contributed by atoms with Crippen LogP contribution in [0.15, 0.2) is 62.9 Å². The van der Waals surface area contributed by atoms with Crippen LogP contribution in [0.5, 0.6) is 17.2 Å². The highest BCUT2D eigenvalue weighted by atomic mass is 16.5. The van der Waals surface area contributed by atoms with Crippen LogP contribution >= 0.6 is 0 Å². The van der Waals surface area contributed by atoms with E-state index in [0.29, 0.717) is 29.1 Å². The Bertz CT molecular complexity index is 1040. The molecule has 0 aliphatic heterocycles. The van der Waals surface area contributed by atoms with E-state index in [4.69, 9.17) is 18.6 Å². The molecule has 5 nitrogen and oxygen atoms in total. The Labute approximate surface area is 197 Å². The highest BCUT2D eigenvalue weighted by Crippen LogP contribution is 2.35. The summed E-state index contributed by atoms with van der Waals surface area (Å²) in [6.07, 6.45) is 12.1. The highest BCUT2D eigenvalue weighted by molar-refractivity contribution is 5.86. The number of hydrogen-bond acceptors (Lipinski definition) is 5. The molecular weight excluding hydrogens is 416 g/mol. The van der Waals surface area contributed by atoms with Crippen molar-refractivity contribution in [2.75, 3.05) is 13.2 Å². The zero-order chi connectivity index (χ0) is 24.2. The third kappa shape index (κ3) is 8.83. The molecule has 180 valence electrons. The first-order valence-corrected chi connectivity index (χ1v) is 11.8. The van der Waals surface area contributed by atoms with E-state index in [9.17, 15) is 4.79 Å². The van der Waals surface area contributed by atoms with Crippen LogP contribution in [0.25, 0.3) is 11.0 Å². The van der Waals surface area contributed by atoms with E-state index in [0.717, 1.165) is 25.7 Å². The smallest absolute Gasteiger partial charge is 0.383 e. The summed E-state index contributed by atoms with van der Waals surface area (Å²) < 4.78 is 23.2. The van der Waals surface area contributed by atoms with Crippen molar-refractivity contribution in [2.24, 2.45) is 0 Å². The van der Waals surface area contributed by atoms with E-state index in [2.05, 4.69) is 45.9 Å². The van der Waals surface area contributed by atoms with Gasteiger partial charge in [0.25, 0.3) is 0 Å². The minimum atomic E-state index is -0.557. The summed E-state index contributed by atoms with van der Waals surface area (Å²) in [5.74, 6) is 1.16. The zero-order valence-corrected chi connectivity index (χ0v) is 20.9. The monoisotopic (exact) mass is 454 g/mol. The first kappa shape index (κ1) is 26.3. The lowest BCUT2D eigenvalue weighted by molar-refractivity contribution is 0.242. The Morgan fingerprint density at radius 2 is 1.82 bits per heavy atom. The standard InChI is InChI=1S/C28H38O5/c1-7-8-9-10-17-30-26-24-15-14-23(32-21(4)5)19-25(24)33-28(29)27(26)31-18-16-22(6)13-11-12-20(2)3/h8-9,12,14-16,19,21H,7,10-11,13,17-18H2,1-6H3/b9-8?,22-16+. The van der Waals surface area contributed by atoms with Gasteiger partial charge in [0.15, 0.2) is 5.75 Å². The Kier molecular flexibility index (Phi) is 10.8. The van der Waals surface area contributed by atoms with Crippen molar-refractivity contribution >= 4 is 11.0 Å². The van der Waals surface area contributed by atoms with Crippen LogP contribution in [0.3, 0.4) is 0 Å². The molecule has 1 aromatic heterocycles. The number of ether oxygens (including phenoxy) is 3. The van der Waals surface area contributed by atoms with Crippen molar-refractivity contribution in [1.29, 1.82) is 0 Å². The van der Waals surface area contributed by atoms with Gasteiger partial charge < -0.3 is 18.6 Å². The molecule has 0 aliphatic carbocycles. The topological polar surface area (TPSA) is 57.9 Å². The zero-order valence-electron chi connectivity index (χ0n) is 20.9. The van der Waals surface area contributed by atoms with Gasteiger partial charge in [0.2, 0.25) is 5.75 Å². The number of fused-ring (bicyclic) bond motifs is 1. The fourth-order valence-corrected chi connectivity index (χ4v) is 3.22. The first-order valence-electron chi connectivity index (χ1n) is 11.8. The molecule has 0 atom stereocenters. The first-order chi connectivity index (χ1) is 15.8. The number of allylic oxidation sites excluding steroid dienone is 4. The summed E-state index contributed by atoms with van der Waals surface area (Å²) in [4.78, 5) is 12.8. The maximum atomic E-state index is 12.8. The maximum absolute atomic E-state index is 12.8. The van der Waals surface area contributed by atoms with E-state index >= 15 is 0 Å². The molecule has 2 aromatic rings. The van der Waals surface area contributed by atoms with E-state index in [-0.39, 0.29) is 18.5 Å². The summed E-state index contributed by atoms with van der Waals surface area (Å²) in [5, 5.41) is 0.685. The number of benzene rings is 1. The van der Waals surface area contributed by atoms with Crippen molar-refractivity contribution < 1.29 is 18.6 Å². The lowest BCUT2D eigenvalue weighted by atomic mass is 10.1. The van der Waals surface area contributed by atoms with Crippen molar-refractivity contribution in [3.8, 4) is 17.2 Å². The molecule has 2 rings (SSSR count). The molecule has 0 amide bonds. The average molecular weight is 455 g/mol. The van der Waals surface area contributed by atoms with E-state index in [1.807, 2.05) is 32.1 Å². The van der Waals surface area contributed by atoms with Crippen LogP contribution in [0.1, 0.15) is 67.2 Å². The van der Waals surface area contributed by atoms with Crippen LogP contribution in [-0.4, -0.2) is 19.3 Å². The third-order valence-electron chi connectivity index (χ3n) is 4.85. The Hall–Kier alpha value is -2.95. The minimum Gasteiger partial charge on any atom is -0.491 e. The van der Waals surface area contributed by atoms with Crippen molar-refractivity contribution in [3.63, 3.8) is 0 Å². The molecule has 1 heterocycles. The lowest BCUT2D eigenvalue weighted by Gasteiger charge is -2.14. The van der Waals surface area contributed by atoms with Gasteiger partial charge in [-0.05, 0) is 78.5 Å². The Morgan fingerprint density at radius 3 is 2.52 bits per heavy atom. The normalized spacial score (nSPS) is 11.9. The molecule has 33 heavy (non-hydrogen) atoms. The molecule has 0 radical (unpaired) electrons. The summed E-state index contributed by atoms with van der Waals surface area (Å²) in [6.45, 7) is 13.0. The maximum Gasteiger partial charge on any atom is 0.383 e. The average Bonchev–Trinajstić information content (AvgIpc) is 2.74. The highest BCUT2D eigenvalue weighted by Gasteiger charge is 2.18. The van der Waals surface area contributed by atoms with Crippen LogP contribution in [0.4, 0.5) is 0 Å². The van der Waals surface area contributed by atoms with Crippen LogP contribution in [0.2, 0.25) is 0 Å². The summed E-state index contributed by atoms with van der Waals surface area (Å²) in [5.41, 5.74) is 2.38. The van der Waals surface area contributed by atoms with E-state index in [1.165, 1.54) is 11.1 Å². The molecule has 5 heteroatoms. The quantitative estimate of drug-likeness (QED) is 0.179. The van der Waals surface area contributed by atoms with Gasteiger partial charge in [-0.3, -0.25) is 0 Å². The minimum absolute atomic E-state index is 0.0182. The van der Waals surface area contributed by atoms with Crippen molar-refractivity contribution in [2.45, 2.75) is 73.3 Å². The summed E-state index contributed by atoms with van der Waals surface area (Å²) in [6, 6.07) is 5.42. The largest absolute Gasteiger partial charge is 0.491 e. The van der Waals surface area contributed by atoms with E-state index < -0.39 is 5.63 Å². The second-order valence-electron chi connectivity index (χ2n) is 8.57. The van der Waals surface area contributed by atoms with Crippen molar-refractivity contribution in [1.82, 2.24) is 0 Å². The lowest BCUT2D eigenvalue weighted by Crippen LogP contribution is -2.11. The SMILES string of the molecule is CCC=CCCOc1c(OC/C=C(\C)CCC=C(C)C)c(=O)oc2cc(OC(C)C)ccc12.